The van der Waals surface area contributed by atoms with Gasteiger partial charge in [-0.15, -0.1) is 5.10 Å². The SMILES string of the molecule is O=c1n(CCNc2ccc(Cl)c(C(F)(F)F)c2)nc2ccccn12. The summed E-state index contributed by atoms with van der Waals surface area (Å²) < 4.78 is 41.1. The van der Waals surface area contributed by atoms with E-state index in [1.54, 1.807) is 24.4 Å². The Morgan fingerprint density at radius 2 is 2.00 bits per heavy atom. The standard InChI is InChI=1S/C15H12ClF3N4O/c16-12-5-4-10(9-11(12)15(17,18)19)20-6-8-23-14(24)22-7-2-1-3-13(22)21-23/h1-5,7,9,20H,6,8H2. The zero-order valence-corrected chi connectivity index (χ0v) is 13.0. The molecule has 0 radical (unpaired) electrons. The van der Waals surface area contributed by atoms with E-state index in [0.29, 0.717) is 5.65 Å². The quantitative estimate of drug-likeness (QED) is 0.780. The number of halogens is 4. The van der Waals surface area contributed by atoms with Crippen molar-refractivity contribution in [3.8, 4) is 0 Å². The van der Waals surface area contributed by atoms with Gasteiger partial charge in [0.2, 0.25) is 0 Å². The average molecular weight is 357 g/mol. The zero-order chi connectivity index (χ0) is 17.3. The monoisotopic (exact) mass is 356 g/mol. The van der Waals surface area contributed by atoms with E-state index in [-0.39, 0.29) is 29.5 Å². The Bertz CT molecular complexity index is 932. The van der Waals surface area contributed by atoms with Gasteiger partial charge in [-0.3, -0.25) is 4.40 Å². The summed E-state index contributed by atoms with van der Waals surface area (Å²) in [5.41, 5.74) is -0.435. The van der Waals surface area contributed by atoms with Gasteiger partial charge in [0.25, 0.3) is 0 Å². The molecule has 1 aromatic carbocycles. The normalized spacial score (nSPS) is 11.8. The van der Waals surface area contributed by atoms with E-state index < -0.39 is 11.7 Å². The van der Waals surface area contributed by atoms with Crippen LogP contribution in [0.5, 0.6) is 0 Å². The van der Waals surface area contributed by atoms with Gasteiger partial charge >= 0.3 is 11.9 Å². The van der Waals surface area contributed by atoms with Gasteiger partial charge in [-0.1, -0.05) is 17.7 Å². The summed E-state index contributed by atoms with van der Waals surface area (Å²) in [7, 11) is 0. The van der Waals surface area contributed by atoms with Crippen LogP contribution in [-0.2, 0) is 12.7 Å². The fourth-order valence-electron chi connectivity index (χ4n) is 2.27. The van der Waals surface area contributed by atoms with Crippen LogP contribution in [0.2, 0.25) is 5.02 Å². The summed E-state index contributed by atoms with van der Waals surface area (Å²) >= 11 is 5.57. The van der Waals surface area contributed by atoms with Crippen molar-refractivity contribution in [1.29, 1.82) is 0 Å². The third kappa shape index (κ3) is 3.23. The highest BCUT2D eigenvalue weighted by Gasteiger charge is 2.33. The largest absolute Gasteiger partial charge is 0.417 e. The molecular weight excluding hydrogens is 345 g/mol. The van der Waals surface area contributed by atoms with Gasteiger partial charge in [0.1, 0.15) is 0 Å². The van der Waals surface area contributed by atoms with Gasteiger partial charge in [-0.05, 0) is 30.3 Å². The first kappa shape index (κ1) is 16.4. The number of benzene rings is 1. The fraction of sp³-hybridized carbons (Fsp3) is 0.200. The molecule has 1 N–H and O–H groups in total. The molecule has 0 unspecified atom stereocenters. The van der Waals surface area contributed by atoms with Crippen molar-refractivity contribution in [3.63, 3.8) is 0 Å². The lowest BCUT2D eigenvalue weighted by atomic mass is 10.2. The molecule has 0 spiro atoms. The molecule has 0 fully saturated rings. The minimum atomic E-state index is -4.52. The second-order valence-corrected chi connectivity index (χ2v) is 5.46. The Labute approximate surface area is 139 Å². The Balaban J connectivity index is 1.72. The number of aromatic nitrogens is 3. The molecule has 0 saturated carbocycles. The van der Waals surface area contributed by atoms with Crippen molar-refractivity contribution in [1.82, 2.24) is 14.2 Å². The van der Waals surface area contributed by atoms with Crippen LogP contribution < -0.4 is 11.0 Å². The third-order valence-electron chi connectivity index (χ3n) is 3.41. The number of fused-ring (bicyclic) bond motifs is 1. The highest BCUT2D eigenvalue weighted by molar-refractivity contribution is 6.31. The molecule has 0 aliphatic carbocycles. The number of rotatable bonds is 4. The summed E-state index contributed by atoms with van der Waals surface area (Å²) in [4.78, 5) is 12.1. The first-order valence-corrected chi connectivity index (χ1v) is 7.39. The van der Waals surface area contributed by atoms with E-state index in [4.69, 9.17) is 11.6 Å². The molecular formula is C15H12ClF3N4O. The molecule has 3 aromatic rings. The molecule has 5 nitrogen and oxygen atoms in total. The topological polar surface area (TPSA) is 51.3 Å². The molecule has 3 rings (SSSR count). The smallest absolute Gasteiger partial charge is 0.383 e. The lowest BCUT2D eigenvalue weighted by Gasteiger charge is -2.12. The Morgan fingerprint density at radius 3 is 2.71 bits per heavy atom. The van der Waals surface area contributed by atoms with Crippen molar-refractivity contribution in [2.24, 2.45) is 0 Å². The predicted octanol–water partition coefficient (Wildman–Crippen LogP) is 3.28. The Kier molecular flexibility index (Phi) is 4.23. The predicted molar refractivity (Wildman–Crippen MR) is 84.4 cm³/mol. The molecule has 0 aliphatic heterocycles. The molecule has 0 aliphatic rings. The van der Waals surface area contributed by atoms with Gasteiger partial charge in [0, 0.05) is 18.4 Å². The van der Waals surface area contributed by atoms with E-state index in [1.165, 1.54) is 21.2 Å². The minimum Gasteiger partial charge on any atom is -0.383 e. The number of hydrogen-bond donors (Lipinski definition) is 1. The van der Waals surface area contributed by atoms with Crippen LogP contribution in [0.25, 0.3) is 5.65 Å². The molecule has 0 atom stereocenters. The van der Waals surface area contributed by atoms with E-state index >= 15 is 0 Å². The fourth-order valence-corrected chi connectivity index (χ4v) is 2.50. The van der Waals surface area contributed by atoms with Crippen LogP contribution in [-0.4, -0.2) is 20.7 Å². The number of hydrogen-bond acceptors (Lipinski definition) is 3. The van der Waals surface area contributed by atoms with Crippen LogP contribution in [0.1, 0.15) is 5.56 Å². The summed E-state index contributed by atoms with van der Waals surface area (Å²) in [6, 6.07) is 8.74. The van der Waals surface area contributed by atoms with Gasteiger partial charge < -0.3 is 5.32 Å². The van der Waals surface area contributed by atoms with Crippen molar-refractivity contribution < 1.29 is 13.2 Å². The maximum atomic E-state index is 12.8. The average Bonchev–Trinajstić information content (AvgIpc) is 2.85. The molecule has 0 bridgehead atoms. The van der Waals surface area contributed by atoms with Gasteiger partial charge in [0.05, 0.1) is 17.1 Å². The number of nitrogens with one attached hydrogen (secondary N) is 1. The van der Waals surface area contributed by atoms with E-state index in [9.17, 15) is 18.0 Å². The van der Waals surface area contributed by atoms with E-state index in [2.05, 4.69) is 10.4 Å². The molecule has 2 aromatic heterocycles. The van der Waals surface area contributed by atoms with E-state index in [0.717, 1.165) is 6.07 Å². The maximum absolute atomic E-state index is 12.8. The zero-order valence-electron chi connectivity index (χ0n) is 12.2. The van der Waals surface area contributed by atoms with Crippen LogP contribution >= 0.6 is 11.6 Å². The van der Waals surface area contributed by atoms with Crippen molar-refractivity contribution in [2.45, 2.75) is 12.7 Å². The first-order valence-electron chi connectivity index (χ1n) is 7.01. The third-order valence-corrected chi connectivity index (χ3v) is 3.74. The van der Waals surface area contributed by atoms with Gasteiger partial charge in [0.15, 0.2) is 5.65 Å². The number of anilines is 1. The van der Waals surface area contributed by atoms with Gasteiger partial charge in [-0.25, -0.2) is 9.48 Å². The molecule has 9 heteroatoms. The van der Waals surface area contributed by atoms with Crippen LogP contribution in [0.4, 0.5) is 18.9 Å². The van der Waals surface area contributed by atoms with E-state index in [1.807, 2.05) is 0 Å². The first-order chi connectivity index (χ1) is 11.4. The summed E-state index contributed by atoms with van der Waals surface area (Å²) in [5.74, 6) is 0. The van der Waals surface area contributed by atoms with Crippen LogP contribution in [0.15, 0.2) is 47.4 Å². The molecule has 0 saturated heterocycles. The summed E-state index contributed by atoms with van der Waals surface area (Å²) in [6.45, 7) is 0.452. The van der Waals surface area contributed by atoms with Crippen LogP contribution in [0, 0.1) is 0 Å². The minimum absolute atomic E-state index is 0.213. The molecule has 0 amide bonds. The van der Waals surface area contributed by atoms with Crippen molar-refractivity contribution in [2.75, 3.05) is 11.9 Å². The Morgan fingerprint density at radius 1 is 1.21 bits per heavy atom. The van der Waals surface area contributed by atoms with Crippen molar-refractivity contribution >= 4 is 22.9 Å². The number of alkyl halides is 3. The second kappa shape index (κ2) is 6.20. The Hall–Kier alpha value is -2.48. The number of pyridine rings is 1. The molecule has 2 heterocycles. The van der Waals surface area contributed by atoms with Gasteiger partial charge in [-0.2, -0.15) is 13.2 Å². The molecule has 126 valence electrons. The molecule has 24 heavy (non-hydrogen) atoms. The summed E-state index contributed by atoms with van der Waals surface area (Å²) in [6.07, 6.45) is -2.92. The second-order valence-electron chi connectivity index (χ2n) is 5.05. The highest BCUT2D eigenvalue weighted by atomic mass is 35.5. The number of nitrogens with zero attached hydrogens (tertiary/aromatic N) is 3. The maximum Gasteiger partial charge on any atom is 0.417 e. The van der Waals surface area contributed by atoms with Crippen molar-refractivity contribution in [3.05, 3.63) is 63.7 Å². The summed E-state index contributed by atoms with van der Waals surface area (Å²) in [5, 5.41) is 6.62. The van der Waals surface area contributed by atoms with Crippen LogP contribution in [0.3, 0.4) is 0 Å². The lowest BCUT2D eigenvalue weighted by Crippen LogP contribution is -2.24. The lowest BCUT2D eigenvalue weighted by molar-refractivity contribution is -0.137. The highest BCUT2D eigenvalue weighted by Crippen LogP contribution is 2.36.